The molecule has 2 aliphatic heterocycles. The predicted octanol–water partition coefficient (Wildman–Crippen LogP) is 1.90. The fourth-order valence-electron chi connectivity index (χ4n) is 3.97. The van der Waals surface area contributed by atoms with Crippen LogP contribution in [0.2, 0.25) is 0 Å². The molecule has 4 heteroatoms. The summed E-state index contributed by atoms with van der Waals surface area (Å²) in [5.74, 6) is 0.131. The third-order valence-electron chi connectivity index (χ3n) is 5.43. The Morgan fingerprint density at radius 2 is 1.91 bits per heavy atom. The zero-order valence-electron chi connectivity index (χ0n) is 13.0. The van der Waals surface area contributed by atoms with Crippen molar-refractivity contribution in [3.05, 3.63) is 35.4 Å². The Bertz CT molecular complexity index is 548. The van der Waals surface area contributed by atoms with E-state index in [1.54, 1.807) is 0 Å². The highest BCUT2D eigenvalue weighted by Gasteiger charge is 2.34. The number of esters is 1. The first-order valence-electron chi connectivity index (χ1n) is 8.54. The molecule has 1 aromatic carbocycles. The van der Waals surface area contributed by atoms with Gasteiger partial charge in [0.25, 0.3) is 0 Å². The average molecular weight is 300 g/mol. The first-order valence-corrected chi connectivity index (χ1v) is 8.54. The lowest BCUT2D eigenvalue weighted by Crippen LogP contribution is -2.50. The maximum absolute atomic E-state index is 12.2. The molecule has 0 spiro atoms. The van der Waals surface area contributed by atoms with Gasteiger partial charge in [-0.05, 0) is 49.9 Å². The molecule has 1 unspecified atom stereocenters. The van der Waals surface area contributed by atoms with Crippen molar-refractivity contribution in [2.75, 3.05) is 26.2 Å². The fourth-order valence-corrected chi connectivity index (χ4v) is 3.97. The number of hydrogen-bond donors (Lipinski definition) is 1. The van der Waals surface area contributed by atoms with Crippen molar-refractivity contribution >= 4 is 5.97 Å². The maximum Gasteiger partial charge on any atom is 0.309 e. The van der Waals surface area contributed by atoms with E-state index < -0.39 is 0 Å². The number of carbonyl (C=O) groups is 1. The number of fused-ring (bicyclic) bond motifs is 1. The Morgan fingerprint density at radius 1 is 1.14 bits per heavy atom. The molecule has 4 nitrogen and oxygen atoms in total. The molecule has 3 aliphatic rings. The van der Waals surface area contributed by atoms with Crippen LogP contribution in [-0.2, 0) is 16.0 Å². The molecule has 22 heavy (non-hydrogen) atoms. The van der Waals surface area contributed by atoms with E-state index in [9.17, 15) is 4.79 Å². The molecule has 2 saturated heterocycles. The van der Waals surface area contributed by atoms with Gasteiger partial charge in [-0.2, -0.15) is 0 Å². The molecule has 2 fully saturated rings. The third kappa shape index (κ3) is 2.66. The number of benzene rings is 1. The van der Waals surface area contributed by atoms with Crippen LogP contribution in [0.25, 0.3) is 0 Å². The Morgan fingerprint density at radius 3 is 2.64 bits per heavy atom. The zero-order valence-corrected chi connectivity index (χ0v) is 13.0. The van der Waals surface area contributed by atoms with Crippen LogP contribution in [0.5, 0.6) is 0 Å². The monoisotopic (exact) mass is 300 g/mol. The van der Waals surface area contributed by atoms with Crippen molar-refractivity contribution < 1.29 is 9.53 Å². The molecule has 0 amide bonds. The fraction of sp³-hybridized carbons (Fsp3) is 0.611. The number of aryl methyl sites for hydroxylation is 1. The number of rotatable bonds is 3. The Balaban J connectivity index is 1.33. The van der Waals surface area contributed by atoms with Gasteiger partial charge < -0.3 is 10.1 Å². The molecule has 4 rings (SSSR count). The quantitative estimate of drug-likeness (QED) is 0.866. The van der Waals surface area contributed by atoms with Crippen molar-refractivity contribution in [3.8, 4) is 0 Å². The van der Waals surface area contributed by atoms with Gasteiger partial charge in [-0.1, -0.05) is 24.3 Å². The van der Waals surface area contributed by atoms with Crippen LogP contribution in [0, 0.1) is 5.92 Å². The van der Waals surface area contributed by atoms with Crippen molar-refractivity contribution in [2.45, 2.75) is 37.8 Å². The SMILES string of the molecule is O=C(OC1CNC1)C1CCN(C2CCc3ccccc32)CC1. The van der Waals surface area contributed by atoms with Gasteiger partial charge in [0.2, 0.25) is 0 Å². The molecule has 1 atom stereocenters. The van der Waals surface area contributed by atoms with E-state index in [4.69, 9.17) is 4.74 Å². The molecule has 1 aromatic rings. The van der Waals surface area contributed by atoms with Crippen molar-refractivity contribution in [2.24, 2.45) is 5.92 Å². The van der Waals surface area contributed by atoms with E-state index in [0.29, 0.717) is 6.04 Å². The van der Waals surface area contributed by atoms with Crippen LogP contribution in [0.4, 0.5) is 0 Å². The zero-order chi connectivity index (χ0) is 14.9. The summed E-state index contributed by atoms with van der Waals surface area (Å²) in [4.78, 5) is 14.7. The van der Waals surface area contributed by atoms with Gasteiger partial charge in [0.1, 0.15) is 6.10 Å². The van der Waals surface area contributed by atoms with E-state index in [1.165, 1.54) is 24.0 Å². The predicted molar refractivity (Wildman–Crippen MR) is 84.6 cm³/mol. The summed E-state index contributed by atoms with van der Waals surface area (Å²) < 4.78 is 5.52. The van der Waals surface area contributed by atoms with E-state index in [2.05, 4.69) is 34.5 Å². The summed E-state index contributed by atoms with van der Waals surface area (Å²) in [7, 11) is 0. The second-order valence-electron chi connectivity index (χ2n) is 6.78. The van der Waals surface area contributed by atoms with Gasteiger partial charge in [0.05, 0.1) is 5.92 Å². The first-order chi connectivity index (χ1) is 10.8. The first kappa shape index (κ1) is 14.2. The number of hydrogen-bond acceptors (Lipinski definition) is 4. The largest absolute Gasteiger partial charge is 0.459 e. The maximum atomic E-state index is 12.2. The van der Waals surface area contributed by atoms with E-state index in [0.717, 1.165) is 39.0 Å². The van der Waals surface area contributed by atoms with E-state index in [-0.39, 0.29) is 18.0 Å². The molecule has 118 valence electrons. The lowest BCUT2D eigenvalue weighted by molar-refractivity contribution is -0.158. The smallest absolute Gasteiger partial charge is 0.309 e. The molecule has 1 N–H and O–H groups in total. The molecule has 2 heterocycles. The van der Waals surface area contributed by atoms with Gasteiger partial charge in [-0.15, -0.1) is 0 Å². The average Bonchev–Trinajstić information content (AvgIpc) is 2.95. The molecule has 0 aromatic heterocycles. The van der Waals surface area contributed by atoms with Crippen LogP contribution in [0.15, 0.2) is 24.3 Å². The van der Waals surface area contributed by atoms with Gasteiger partial charge in [0, 0.05) is 19.1 Å². The summed E-state index contributed by atoms with van der Waals surface area (Å²) in [5.41, 5.74) is 3.01. The van der Waals surface area contributed by atoms with Gasteiger partial charge in [0.15, 0.2) is 0 Å². The standard InChI is InChI=1S/C18H24N2O2/c21-18(22-15-11-19-12-15)14-7-9-20(10-8-14)17-6-5-13-3-1-2-4-16(13)17/h1-4,14-15,17,19H,5-12H2. The minimum atomic E-state index is 0.0259. The lowest BCUT2D eigenvalue weighted by atomic mass is 9.94. The van der Waals surface area contributed by atoms with E-state index in [1.807, 2.05) is 0 Å². The van der Waals surface area contributed by atoms with Crippen LogP contribution in [0.3, 0.4) is 0 Å². The number of ether oxygens (including phenoxy) is 1. The van der Waals surface area contributed by atoms with Gasteiger partial charge in [-0.25, -0.2) is 0 Å². The van der Waals surface area contributed by atoms with Crippen molar-refractivity contribution in [1.29, 1.82) is 0 Å². The minimum absolute atomic E-state index is 0.0259. The second kappa shape index (κ2) is 6.01. The summed E-state index contributed by atoms with van der Waals surface area (Å²) in [6, 6.07) is 9.37. The van der Waals surface area contributed by atoms with E-state index >= 15 is 0 Å². The van der Waals surface area contributed by atoms with Crippen LogP contribution < -0.4 is 5.32 Å². The molecular weight excluding hydrogens is 276 g/mol. The Labute approximate surface area is 131 Å². The molecular formula is C18H24N2O2. The minimum Gasteiger partial charge on any atom is -0.459 e. The van der Waals surface area contributed by atoms with Crippen LogP contribution in [0.1, 0.15) is 36.4 Å². The number of piperidine rings is 1. The Hall–Kier alpha value is -1.39. The molecule has 0 bridgehead atoms. The number of nitrogens with one attached hydrogen (secondary N) is 1. The van der Waals surface area contributed by atoms with Crippen LogP contribution in [-0.4, -0.2) is 43.2 Å². The lowest BCUT2D eigenvalue weighted by Gasteiger charge is -2.36. The summed E-state index contributed by atoms with van der Waals surface area (Å²) in [5, 5.41) is 3.14. The highest BCUT2D eigenvalue weighted by molar-refractivity contribution is 5.72. The summed E-state index contributed by atoms with van der Waals surface area (Å²) in [6.07, 6.45) is 4.42. The summed E-state index contributed by atoms with van der Waals surface area (Å²) >= 11 is 0. The second-order valence-corrected chi connectivity index (χ2v) is 6.78. The van der Waals surface area contributed by atoms with Crippen LogP contribution >= 0.6 is 0 Å². The molecule has 0 saturated carbocycles. The van der Waals surface area contributed by atoms with Gasteiger partial charge in [-0.3, -0.25) is 9.69 Å². The normalized spacial score (nSPS) is 26.5. The highest BCUT2D eigenvalue weighted by atomic mass is 16.5. The highest BCUT2D eigenvalue weighted by Crippen LogP contribution is 2.37. The topological polar surface area (TPSA) is 41.6 Å². The number of carbonyl (C=O) groups excluding carboxylic acids is 1. The number of likely N-dealkylation sites (tertiary alicyclic amines) is 1. The third-order valence-corrected chi connectivity index (χ3v) is 5.43. The van der Waals surface area contributed by atoms with Crippen molar-refractivity contribution in [1.82, 2.24) is 10.2 Å². The molecule has 0 radical (unpaired) electrons. The summed E-state index contributed by atoms with van der Waals surface area (Å²) in [6.45, 7) is 3.68. The Kier molecular flexibility index (Phi) is 3.89. The van der Waals surface area contributed by atoms with Crippen molar-refractivity contribution in [3.63, 3.8) is 0 Å². The van der Waals surface area contributed by atoms with Gasteiger partial charge >= 0.3 is 5.97 Å². The molecule has 1 aliphatic carbocycles. The number of nitrogens with zero attached hydrogens (tertiary/aromatic N) is 1.